The van der Waals surface area contributed by atoms with Crippen molar-refractivity contribution in [1.82, 2.24) is 10.2 Å². The molecule has 0 atom stereocenters. The van der Waals surface area contributed by atoms with Crippen molar-refractivity contribution >= 4 is 11.6 Å². The Kier molecular flexibility index (Phi) is 7.62. The third-order valence-corrected chi connectivity index (χ3v) is 5.05. The van der Waals surface area contributed by atoms with Gasteiger partial charge in [0.25, 0.3) is 5.91 Å². The highest BCUT2D eigenvalue weighted by Gasteiger charge is 2.16. The number of likely N-dealkylation sites (tertiary alicyclic amines) is 1. The molecule has 2 aromatic carbocycles. The number of benzene rings is 2. The molecule has 1 aliphatic rings. The number of methoxy groups -OCH3 is 1. The van der Waals surface area contributed by atoms with E-state index in [-0.39, 0.29) is 24.0 Å². The third kappa shape index (κ3) is 6.18. The number of carbonyl (C=O) groups excluding carboxylic acids is 1. The Morgan fingerprint density at radius 1 is 1.13 bits per heavy atom. The normalized spacial score (nSPS) is 14.2. The number of carbonyl (C=O) groups is 1. The van der Waals surface area contributed by atoms with E-state index in [1.54, 1.807) is 0 Å². The fraction of sp³-hybridized carbons (Fsp3) is 0.409. The molecule has 30 heavy (non-hydrogen) atoms. The summed E-state index contributed by atoms with van der Waals surface area (Å²) in [6, 6.07) is 12.4. The van der Waals surface area contributed by atoms with E-state index in [9.17, 15) is 14.9 Å². The Labute approximate surface area is 175 Å². The van der Waals surface area contributed by atoms with Crippen LogP contribution in [0.2, 0.25) is 0 Å². The summed E-state index contributed by atoms with van der Waals surface area (Å²) in [6.45, 7) is 3.46. The van der Waals surface area contributed by atoms with Gasteiger partial charge in [0.1, 0.15) is 5.75 Å². The van der Waals surface area contributed by atoms with Crippen molar-refractivity contribution in [2.75, 3.05) is 26.8 Å². The summed E-state index contributed by atoms with van der Waals surface area (Å²) in [5, 5.41) is 13.8. The smallest absolute Gasteiger partial charge is 0.311 e. The Morgan fingerprint density at radius 2 is 1.90 bits per heavy atom. The Hall–Kier alpha value is -3.13. The van der Waals surface area contributed by atoms with Crippen LogP contribution >= 0.6 is 0 Å². The van der Waals surface area contributed by atoms with Gasteiger partial charge in [0.15, 0.2) is 6.61 Å². The SMILES string of the molecule is COc1cc(OCC(=O)NCc2cccc(CN3CCCCC3)c2)ccc1[N+](=O)[O-]. The number of nitrogens with zero attached hydrogens (tertiary/aromatic N) is 2. The molecule has 0 unspecified atom stereocenters. The lowest BCUT2D eigenvalue weighted by Gasteiger charge is -2.26. The molecular formula is C22H27N3O5. The van der Waals surface area contributed by atoms with Crippen LogP contribution in [0.3, 0.4) is 0 Å². The molecule has 160 valence electrons. The summed E-state index contributed by atoms with van der Waals surface area (Å²) in [7, 11) is 1.35. The molecule has 2 aromatic rings. The molecule has 0 aromatic heterocycles. The summed E-state index contributed by atoms with van der Waals surface area (Å²) < 4.78 is 10.4. The van der Waals surface area contributed by atoms with Gasteiger partial charge in [-0.05, 0) is 43.1 Å². The number of nitro groups is 1. The predicted molar refractivity (Wildman–Crippen MR) is 113 cm³/mol. The zero-order valence-corrected chi connectivity index (χ0v) is 17.1. The van der Waals surface area contributed by atoms with Gasteiger partial charge in [-0.2, -0.15) is 0 Å². The van der Waals surface area contributed by atoms with Crippen LogP contribution in [0, 0.1) is 10.1 Å². The molecule has 1 saturated heterocycles. The number of hydrogen-bond acceptors (Lipinski definition) is 6. The van der Waals surface area contributed by atoms with Crippen molar-refractivity contribution in [2.45, 2.75) is 32.4 Å². The van der Waals surface area contributed by atoms with Gasteiger partial charge in [-0.25, -0.2) is 0 Å². The molecule has 8 nitrogen and oxygen atoms in total. The molecule has 1 fully saturated rings. The summed E-state index contributed by atoms with van der Waals surface area (Å²) in [6.07, 6.45) is 3.84. The van der Waals surface area contributed by atoms with Crippen molar-refractivity contribution in [3.63, 3.8) is 0 Å². The van der Waals surface area contributed by atoms with Gasteiger partial charge in [-0.15, -0.1) is 0 Å². The highest BCUT2D eigenvalue weighted by atomic mass is 16.6. The van der Waals surface area contributed by atoms with Crippen molar-refractivity contribution in [2.24, 2.45) is 0 Å². The molecular weight excluding hydrogens is 386 g/mol. The van der Waals surface area contributed by atoms with E-state index in [1.807, 2.05) is 12.1 Å². The van der Waals surface area contributed by atoms with Crippen LogP contribution in [-0.4, -0.2) is 42.5 Å². The second-order valence-electron chi connectivity index (χ2n) is 7.31. The van der Waals surface area contributed by atoms with Crippen LogP contribution in [0.15, 0.2) is 42.5 Å². The molecule has 1 N–H and O–H groups in total. The van der Waals surface area contributed by atoms with Gasteiger partial charge in [0.2, 0.25) is 5.75 Å². The van der Waals surface area contributed by atoms with Gasteiger partial charge in [0.05, 0.1) is 12.0 Å². The number of rotatable bonds is 9. The number of hydrogen-bond donors (Lipinski definition) is 1. The summed E-state index contributed by atoms with van der Waals surface area (Å²) in [4.78, 5) is 25.0. The van der Waals surface area contributed by atoms with Crippen LogP contribution in [0.25, 0.3) is 0 Å². The fourth-order valence-corrected chi connectivity index (χ4v) is 3.51. The lowest BCUT2D eigenvalue weighted by molar-refractivity contribution is -0.385. The number of nitro benzene ring substituents is 1. The second-order valence-corrected chi connectivity index (χ2v) is 7.31. The lowest BCUT2D eigenvalue weighted by atomic mass is 10.1. The molecule has 1 heterocycles. The number of piperidine rings is 1. The first-order chi connectivity index (χ1) is 14.5. The summed E-state index contributed by atoms with van der Waals surface area (Å²) >= 11 is 0. The Bertz CT molecular complexity index is 881. The zero-order chi connectivity index (χ0) is 21.3. The van der Waals surface area contributed by atoms with Crippen LogP contribution in [0.4, 0.5) is 5.69 Å². The zero-order valence-electron chi connectivity index (χ0n) is 17.1. The third-order valence-electron chi connectivity index (χ3n) is 5.05. The molecule has 0 spiro atoms. The number of ether oxygens (including phenoxy) is 2. The molecule has 8 heteroatoms. The summed E-state index contributed by atoms with van der Waals surface area (Å²) in [5.74, 6) is 0.147. The van der Waals surface area contributed by atoms with Gasteiger partial charge in [-0.1, -0.05) is 30.7 Å². The minimum Gasteiger partial charge on any atom is -0.490 e. The average molecular weight is 413 g/mol. The van der Waals surface area contributed by atoms with E-state index in [4.69, 9.17) is 9.47 Å². The lowest BCUT2D eigenvalue weighted by Crippen LogP contribution is -2.29. The molecule has 1 aliphatic heterocycles. The molecule has 0 bridgehead atoms. The van der Waals surface area contributed by atoms with E-state index in [1.165, 1.54) is 50.1 Å². The van der Waals surface area contributed by atoms with E-state index in [0.717, 1.165) is 25.2 Å². The summed E-state index contributed by atoms with van der Waals surface area (Å²) in [5.41, 5.74) is 2.13. The minimum absolute atomic E-state index is 0.0865. The van der Waals surface area contributed by atoms with E-state index in [0.29, 0.717) is 12.3 Å². The topological polar surface area (TPSA) is 93.9 Å². The Balaban J connectivity index is 1.47. The van der Waals surface area contributed by atoms with Crippen molar-refractivity contribution in [3.8, 4) is 11.5 Å². The predicted octanol–water partition coefficient (Wildman–Crippen LogP) is 3.28. The average Bonchev–Trinajstić information content (AvgIpc) is 2.77. The van der Waals surface area contributed by atoms with E-state index in [2.05, 4.69) is 22.3 Å². The standard InChI is InChI=1S/C22H27N3O5/c1-29-21-13-19(8-9-20(21)25(27)28)30-16-22(26)23-14-17-6-5-7-18(12-17)15-24-10-3-2-4-11-24/h5-9,12-13H,2-4,10-11,14-16H2,1H3,(H,23,26). The first-order valence-corrected chi connectivity index (χ1v) is 10.1. The molecule has 0 radical (unpaired) electrons. The fourth-order valence-electron chi connectivity index (χ4n) is 3.51. The maximum Gasteiger partial charge on any atom is 0.311 e. The second kappa shape index (κ2) is 10.6. The Morgan fingerprint density at radius 3 is 2.63 bits per heavy atom. The van der Waals surface area contributed by atoms with Crippen LogP contribution in [0.5, 0.6) is 11.5 Å². The van der Waals surface area contributed by atoms with Gasteiger partial charge in [0, 0.05) is 25.2 Å². The van der Waals surface area contributed by atoms with Gasteiger partial charge < -0.3 is 14.8 Å². The van der Waals surface area contributed by atoms with Crippen LogP contribution in [0.1, 0.15) is 30.4 Å². The first-order valence-electron chi connectivity index (χ1n) is 10.1. The molecule has 0 aliphatic carbocycles. The van der Waals surface area contributed by atoms with Crippen molar-refractivity contribution in [1.29, 1.82) is 0 Å². The highest BCUT2D eigenvalue weighted by Crippen LogP contribution is 2.30. The maximum absolute atomic E-state index is 12.1. The first kappa shape index (κ1) is 21.6. The van der Waals surface area contributed by atoms with E-state index >= 15 is 0 Å². The monoisotopic (exact) mass is 413 g/mol. The molecule has 0 saturated carbocycles. The maximum atomic E-state index is 12.1. The van der Waals surface area contributed by atoms with Crippen LogP contribution in [-0.2, 0) is 17.9 Å². The molecule has 3 rings (SSSR count). The highest BCUT2D eigenvalue weighted by molar-refractivity contribution is 5.77. The molecule has 1 amide bonds. The number of nitrogens with one attached hydrogen (secondary N) is 1. The quantitative estimate of drug-likeness (QED) is 0.501. The minimum atomic E-state index is -0.533. The van der Waals surface area contributed by atoms with Gasteiger partial charge in [-0.3, -0.25) is 19.8 Å². The number of amides is 1. The van der Waals surface area contributed by atoms with Crippen LogP contribution < -0.4 is 14.8 Å². The largest absolute Gasteiger partial charge is 0.490 e. The van der Waals surface area contributed by atoms with Crippen molar-refractivity contribution in [3.05, 3.63) is 63.7 Å². The van der Waals surface area contributed by atoms with Crippen molar-refractivity contribution < 1.29 is 19.2 Å². The van der Waals surface area contributed by atoms with E-state index < -0.39 is 4.92 Å². The van der Waals surface area contributed by atoms with Gasteiger partial charge >= 0.3 is 5.69 Å².